The highest BCUT2D eigenvalue weighted by molar-refractivity contribution is 9.08. The van der Waals surface area contributed by atoms with Crippen LogP contribution < -0.4 is 4.74 Å². The minimum absolute atomic E-state index is 0.0250. The average molecular weight is 530 g/mol. The quantitative estimate of drug-likeness (QED) is 0.420. The molecule has 0 amide bonds. The number of carbonyl (C=O) groups excluding carboxylic acids is 1. The van der Waals surface area contributed by atoms with Gasteiger partial charge in [-0.05, 0) is 54.0 Å². The third kappa shape index (κ3) is 5.65. The van der Waals surface area contributed by atoms with E-state index in [4.69, 9.17) is 4.74 Å². The molecular weight excluding hydrogens is 492 g/mol. The molecule has 184 valence electrons. The molecule has 0 bridgehead atoms. The van der Waals surface area contributed by atoms with Crippen LogP contribution >= 0.6 is 16.1 Å². The van der Waals surface area contributed by atoms with E-state index < -0.39 is 0 Å². The third-order valence-electron chi connectivity index (χ3n) is 6.39. The van der Waals surface area contributed by atoms with Gasteiger partial charge >= 0.3 is 0 Å². The molecule has 0 aliphatic carbocycles. The molecule has 1 N–H and O–H groups in total. The van der Waals surface area contributed by atoms with Crippen LogP contribution in [0.15, 0.2) is 40.4 Å². The molecule has 1 heterocycles. The first-order valence-corrected chi connectivity index (χ1v) is 12.7. The predicted molar refractivity (Wildman–Crippen MR) is 143 cm³/mol. The number of likely N-dealkylation sites (tertiary alicyclic amines) is 1. The molecule has 1 fully saturated rings. The number of rotatable bonds is 6. The number of benzene rings is 2. The lowest BCUT2D eigenvalue weighted by atomic mass is 9.78. The number of Topliss-reactive ketones (excluding diaryl/α,β-unsaturated/α-hetero) is 1. The Morgan fingerprint density at radius 3 is 2.12 bits per heavy atom. The molecule has 0 unspecified atom stereocenters. The minimum Gasteiger partial charge on any atom is -0.507 e. The molecule has 6 heteroatoms. The van der Waals surface area contributed by atoms with Crippen LogP contribution in [-0.4, -0.2) is 41.3 Å². The maximum Gasteiger partial charge on any atom is 0.182 e. The number of amidine groups is 1. The Kier molecular flexibility index (Phi) is 7.81. The number of hydrogen-bond acceptors (Lipinski definition) is 4. The van der Waals surface area contributed by atoms with E-state index >= 15 is 0 Å². The molecule has 0 spiro atoms. The van der Waals surface area contributed by atoms with E-state index in [1.54, 1.807) is 0 Å². The summed E-state index contributed by atoms with van der Waals surface area (Å²) in [7, 11) is 0. The summed E-state index contributed by atoms with van der Waals surface area (Å²) in [6.07, 6.45) is 0.891. The number of halogens is 1. The molecular formula is C28H37BrN2O3. The normalized spacial score (nSPS) is 17.9. The van der Waals surface area contributed by atoms with Gasteiger partial charge in [-0.3, -0.25) is 4.79 Å². The zero-order valence-corrected chi connectivity index (χ0v) is 23.0. The second kappa shape index (κ2) is 10.1. The minimum atomic E-state index is -0.282. The lowest BCUT2D eigenvalue weighted by Crippen LogP contribution is -2.32. The van der Waals surface area contributed by atoms with Crippen molar-refractivity contribution in [3.63, 3.8) is 0 Å². The fourth-order valence-electron chi connectivity index (χ4n) is 4.50. The summed E-state index contributed by atoms with van der Waals surface area (Å²) in [6.45, 7) is 15.9. The van der Waals surface area contributed by atoms with Crippen molar-refractivity contribution in [3.05, 3.63) is 58.7 Å². The molecule has 5 nitrogen and oxygen atoms in total. The zero-order chi connectivity index (χ0) is 25.3. The lowest BCUT2D eigenvalue weighted by Gasteiger charge is -2.28. The van der Waals surface area contributed by atoms with Crippen LogP contribution in [0.1, 0.15) is 87.9 Å². The number of carbonyl (C=O) groups is 1. The Balaban J connectivity index is 1.86. The van der Waals surface area contributed by atoms with Gasteiger partial charge < -0.3 is 14.7 Å². The molecule has 1 aliphatic heterocycles. The standard InChI is InChI=1S/C28H37BrN2O3/c1-8-34-20-11-9-18(10-12-20)21-13-14-31(26(21)30-29)17-24(32)19-15-22(27(2,3)4)25(33)23(16-19)28(5,6)7/h9-12,15-16,21,33H,8,13-14,17H2,1-7H3/t21-/m0/s1. The van der Waals surface area contributed by atoms with Crippen molar-refractivity contribution in [3.8, 4) is 11.5 Å². The summed E-state index contributed by atoms with van der Waals surface area (Å²) in [4.78, 5) is 15.5. The largest absolute Gasteiger partial charge is 0.507 e. The van der Waals surface area contributed by atoms with E-state index in [-0.39, 0.29) is 34.8 Å². The molecule has 34 heavy (non-hydrogen) atoms. The van der Waals surface area contributed by atoms with Crippen LogP contribution in [0.5, 0.6) is 11.5 Å². The predicted octanol–water partition coefficient (Wildman–Crippen LogP) is 6.77. The highest BCUT2D eigenvalue weighted by atomic mass is 79.9. The van der Waals surface area contributed by atoms with Crippen molar-refractivity contribution in [1.29, 1.82) is 0 Å². The SMILES string of the molecule is CCOc1ccc([C@@H]2CCN(CC(=O)c3cc(C(C)(C)C)c(O)c(C(C)(C)C)c3)C2=NBr)cc1. The topological polar surface area (TPSA) is 62.1 Å². The molecule has 2 aromatic carbocycles. The van der Waals surface area contributed by atoms with Gasteiger partial charge in [0.25, 0.3) is 0 Å². The Hall–Kier alpha value is -2.34. The molecule has 0 radical (unpaired) electrons. The van der Waals surface area contributed by atoms with E-state index in [0.717, 1.165) is 41.2 Å². The van der Waals surface area contributed by atoms with Gasteiger partial charge in [-0.25, -0.2) is 0 Å². The van der Waals surface area contributed by atoms with Crippen molar-refractivity contribution in [1.82, 2.24) is 4.90 Å². The highest BCUT2D eigenvalue weighted by Gasteiger charge is 2.33. The van der Waals surface area contributed by atoms with Gasteiger partial charge in [0.2, 0.25) is 0 Å². The first kappa shape index (κ1) is 26.3. The van der Waals surface area contributed by atoms with E-state index in [9.17, 15) is 9.90 Å². The van der Waals surface area contributed by atoms with E-state index in [1.807, 2.05) is 31.2 Å². The second-order valence-electron chi connectivity index (χ2n) is 11.1. The van der Waals surface area contributed by atoms with E-state index in [1.165, 1.54) is 0 Å². The van der Waals surface area contributed by atoms with Gasteiger partial charge in [0.1, 0.15) is 17.3 Å². The number of phenolic OH excluding ortho intramolecular Hbond substituents is 1. The highest BCUT2D eigenvalue weighted by Crippen LogP contribution is 2.40. The summed E-state index contributed by atoms with van der Waals surface area (Å²) in [5.74, 6) is 2.15. The van der Waals surface area contributed by atoms with Crippen LogP contribution in [0, 0.1) is 0 Å². The summed E-state index contributed by atoms with van der Waals surface area (Å²) in [5.41, 5.74) is 2.82. The number of ketones is 1. The lowest BCUT2D eigenvalue weighted by molar-refractivity contribution is 0.0966. The molecule has 0 saturated carbocycles. The number of nitrogens with zero attached hydrogens (tertiary/aromatic N) is 2. The first-order valence-electron chi connectivity index (χ1n) is 11.9. The fraction of sp³-hybridized carbons (Fsp3) is 0.500. The number of ether oxygens (including phenoxy) is 1. The van der Waals surface area contributed by atoms with Crippen molar-refractivity contribution in [2.45, 2.75) is 71.6 Å². The number of phenols is 1. The maximum atomic E-state index is 13.5. The van der Waals surface area contributed by atoms with E-state index in [2.05, 4.69) is 78.7 Å². The Morgan fingerprint density at radius 1 is 1.09 bits per heavy atom. The maximum absolute atomic E-state index is 13.5. The summed E-state index contributed by atoms with van der Waals surface area (Å²) in [5, 5.41) is 11.0. The van der Waals surface area contributed by atoms with Crippen LogP contribution in [-0.2, 0) is 10.8 Å². The van der Waals surface area contributed by atoms with Gasteiger partial charge in [-0.1, -0.05) is 53.7 Å². The molecule has 0 aromatic heterocycles. The van der Waals surface area contributed by atoms with Gasteiger partial charge in [0.15, 0.2) is 5.78 Å². The van der Waals surface area contributed by atoms with Gasteiger partial charge in [0, 0.05) is 29.2 Å². The van der Waals surface area contributed by atoms with E-state index in [0.29, 0.717) is 12.2 Å². The van der Waals surface area contributed by atoms with Crippen molar-refractivity contribution < 1.29 is 14.6 Å². The van der Waals surface area contributed by atoms with Gasteiger partial charge in [-0.15, -0.1) is 0 Å². The number of aromatic hydroxyl groups is 1. The molecule has 1 aliphatic rings. The van der Waals surface area contributed by atoms with Crippen LogP contribution in [0.4, 0.5) is 0 Å². The van der Waals surface area contributed by atoms with Gasteiger partial charge in [-0.2, -0.15) is 4.02 Å². The summed E-state index contributed by atoms with van der Waals surface area (Å²) >= 11 is 3.30. The summed E-state index contributed by atoms with van der Waals surface area (Å²) < 4.78 is 9.95. The van der Waals surface area contributed by atoms with Crippen molar-refractivity contribution in [2.24, 2.45) is 4.02 Å². The molecule has 1 atom stereocenters. The Morgan fingerprint density at radius 2 is 1.65 bits per heavy atom. The fourth-order valence-corrected chi connectivity index (χ4v) is 4.98. The average Bonchev–Trinajstić information content (AvgIpc) is 3.15. The first-order chi connectivity index (χ1) is 15.9. The van der Waals surface area contributed by atoms with Crippen molar-refractivity contribution in [2.75, 3.05) is 19.7 Å². The smallest absolute Gasteiger partial charge is 0.182 e. The van der Waals surface area contributed by atoms with Crippen LogP contribution in [0.3, 0.4) is 0 Å². The third-order valence-corrected chi connectivity index (χ3v) is 6.75. The zero-order valence-electron chi connectivity index (χ0n) is 21.4. The van der Waals surface area contributed by atoms with Crippen LogP contribution in [0.25, 0.3) is 0 Å². The monoisotopic (exact) mass is 528 g/mol. The van der Waals surface area contributed by atoms with Gasteiger partial charge in [0.05, 0.1) is 29.3 Å². The Labute approximate surface area is 212 Å². The van der Waals surface area contributed by atoms with Crippen molar-refractivity contribution >= 4 is 27.8 Å². The molecule has 1 saturated heterocycles. The molecule has 2 aromatic rings. The molecule has 3 rings (SSSR count). The van der Waals surface area contributed by atoms with Crippen LogP contribution in [0.2, 0.25) is 0 Å². The second-order valence-corrected chi connectivity index (χ2v) is 11.4. The summed E-state index contributed by atoms with van der Waals surface area (Å²) in [6, 6.07) is 11.8. The number of hydrogen-bond donors (Lipinski definition) is 1. The Bertz CT molecular complexity index is 1030.